The Bertz CT molecular complexity index is 1670. The van der Waals surface area contributed by atoms with Gasteiger partial charge in [-0.05, 0) is 67.9 Å². The molecular formula is C35H42N2O10. The van der Waals surface area contributed by atoms with Gasteiger partial charge in [0.05, 0.1) is 64.2 Å². The third kappa shape index (κ3) is 5.46. The molecule has 6 atom stereocenters. The van der Waals surface area contributed by atoms with E-state index in [1.54, 1.807) is 26.2 Å². The molecule has 3 heterocycles. The molecule has 2 aliphatic heterocycles. The maximum atomic E-state index is 13.6. The van der Waals surface area contributed by atoms with Crippen LogP contribution in [0.2, 0.25) is 0 Å². The minimum absolute atomic E-state index is 0.00111. The normalized spacial score (nSPS) is 25.2. The second-order valence-electron chi connectivity index (χ2n) is 12.4. The van der Waals surface area contributed by atoms with Gasteiger partial charge in [-0.1, -0.05) is 0 Å². The largest absolute Gasteiger partial charge is 0.496 e. The van der Waals surface area contributed by atoms with Gasteiger partial charge in [-0.25, -0.2) is 4.79 Å². The molecule has 2 fully saturated rings. The molecule has 1 aromatic heterocycles. The van der Waals surface area contributed by atoms with E-state index in [-0.39, 0.29) is 29.2 Å². The third-order valence-corrected chi connectivity index (χ3v) is 10.3. The van der Waals surface area contributed by atoms with Crippen molar-refractivity contribution in [3.05, 3.63) is 46.6 Å². The minimum Gasteiger partial charge on any atom is -0.496 e. The number of H-pyrrole nitrogens is 1. The Labute approximate surface area is 273 Å². The van der Waals surface area contributed by atoms with Crippen LogP contribution in [0.15, 0.2) is 24.3 Å². The highest BCUT2D eigenvalue weighted by Gasteiger charge is 2.54. The van der Waals surface area contributed by atoms with Crippen LogP contribution in [0.1, 0.15) is 57.8 Å². The summed E-state index contributed by atoms with van der Waals surface area (Å²) < 4.78 is 39.2. The highest BCUT2D eigenvalue weighted by molar-refractivity contribution is 6.09. The average molecular weight is 651 g/mol. The number of hydrogen-bond acceptors (Lipinski definition) is 11. The van der Waals surface area contributed by atoms with Crippen LogP contribution in [0.3, 0.4) is 0 Å². The number of hydrogen-bond donors (Lipinski definition) is 1. The summed E-state index contributed by atoms with van der Waals surface area (Å²) in [6, 6.07) is 6.95. The first-order valence-corrected chi connectivity index (χ1v) is 15.8. The second-order valence-corrected chi connectivity index (χ2v) is 12.4. The van der Waals surface area contributed by atoms with Crippen LogP contribution in [0, 0.1) is 17.8 Å². The Morgan fingerprint density at radius 3 is 2.19 bits per heavy atom. The van der Waals surface area contributed by atoms with Gasteiger partial charge < -0.3 is 38.1 Å². The van der Waals surface area contributed by atoms with Gasteiger partial charge in [-0.15, -0.1) is 0 Å². The zero-order valence-electron chi connectivity index (χ0n) is 27.8. The number of carbonyl (C=O) groups is 3. The van der Waals surface area contributed by atoms with Crippen molar-refractivity contribution < 1.29 is 47.5 Å². The molecule has 0 amide bonds. The van der Waals surface area contributed by atoms with E-state index in [9.17, 15) is 14.4 Å². The Morgan fingerprint density at radius 2 is 1.60 bits per heavy atom. The van der Waals surface area contributed by atoms with E-state index in [1.807, 2.05) is 12.1 Å². The quantitative estimate of drug-likeness (QED) is 0.261. The van der Waals surface area contributed by atoms with Gasteiger partial charge in [-0.3, -0.25) is 14.5 Å². The second kappa shape index (κ2) is 13.1. The number of piperidine rings is 1. The molecule has 12 heteroatoms. The zero-order chi connectivity index (χ0) is 33.6. The first-order valence-electron chi connectivity index (χ1n) is 15.8. The van der Waals surface area contributed by atoms with Crippen molar-refractivity contribution in [3.63, 3.8) is 0 Å². The molecule has 47 heavy (non-hydrogen) atoms. The van der Waals surface area contributed by atoms with E-state index in [2.05, 4.69) is 9.88 Å². The topological polar surface area (TPSA) is 135 Å². The summed E-state index contributed by atoms with van der Waals surface area (Å²) in [5.41, 5.74) is 3.80. The molecule has 0 bridgehead atoms. The Hall–Kier alpha value is -4.29. The molecule has 0 spiro atoms. The number of rotatable bonds is 9. The van der Waals surface area contributed by atoms with E-state index in [0.29, 0.717) is 47.9 Å². The molecule has 2 aromatic carbocycles. The fraction of sp³-hybridized carbons (Fsp3) is 0.514. The molecule has 6 rings (SSSR count). The van der Waals surface area contributed by atoms with Crippen molar-refractivity contribution in [1.29, 1.82) is 0 Å². The maximum Gasteiger partial charge on any atom is 0.338 e. The SMILES string of the molecule is COC(=O)[C@H]1[C@H]2C[C@@H]3c4[nH]c5c(C(C)=O)c(OC)ccc5c4CCN3C[C@H]2C[C@@H](OC(=O)c2cc(OC)c(OC)c(OC)c2)[C@@H]1OC. The zero-order valence-corrected chi connectivity index (χ0v) is 27.8. The lowest BCUT2D eigenvalue weighted by atomic mass is 9.63. The number of ketones is 1. The van der Waals surface area contributed by atoms with E-state index in [4.69, 9.17) is 33.2 Å². The molecule has 1 N–H and O–H groups in total. The number of aromatic amines is 1. The molecule has 252 valence electrons. The number of Topliss-reactive ketones (excluding diaryl/α,β-unsaturated/α-hetero) is 1. The summed E-state index contributed by atoms with van der Waals surface area (Å²) in [4.78, 5) is 45.8. The van der Waals surface area contributed by atoms with Gasteiger partial charge in [0.15, 0.2) is 17.3 Å². The van der Waals surface area contributed by atoms with Crippen molar-refractivity contribution in [2.75, 3.05) is 55.7 Å². The summed E-state index contributed by atoms with van der Waals surface area (Å²) in [6.07, 6.45) is 0.576. The van der Waals surface area contributed by atoms with Crippen LogP contribution in [-0.4, -0.2) is 95.6 Å². The summed E-state index contributed by atoms with van der Waals surface area (Å²) in [7, 11) is 8.91. The summed E-state index contributed by atoms with van der Waals surface area (Å²) in [5.74, 6) is -0.223. The van der Waals surface area contributed by atoms with E-state index < -0.39 is 30.1 Å². The summed E-state index contributed by atoms with van der Waals surface area (Å²) in [5, 5.41) is 1.02. The fourth-order valence-corrected chi connectivity index (χ4v) is 8.22. The fourth-order valence-electron chi connectivity index (χ4n) is 8.22. The van der Waals surface area contributed by atoms with Gasteiger partial charge in [0, 0.05) is 31.3 Å². The average Bonchev–Trinajstić information content (AvgIpc) is 3.47. The van der Waals surface area contributed by atoms with E-state index in [0.717, 1.165) is 29.6 Å². The van der Waals surface area contributed by atoms with Crippen molar-refractivity contribution >= 4 is 28.6 Å². The highest BCUT2D eigenvalue weighted by Crippen LogP contribution is 2.51. The molecule has 12 nitrogen and oxygen atoms in total. The lowest BCUT2D eigenvalue weighted by molar-refractivity contribution is -0.176. The van der Waals surface area contributed by atoms with Crippen molar-refractivity contribution in [2.45, 2.75) is 44.4 Å². The van der Waals surface area contributed by atoms with Crippen molar-refractivity contribution in [2.24, 2.45) is 17.8 Å². The summed E-state index contributed by atoms with van der Waals surface area (Å²) in [6.45, 7) is 3.07. The van der Waals surface area contributed by atoms with Crippen LogP contribution in [0.5, 0.6) is 23.0 Å². The minimum atomic E-state index is -0.722. The monoisotopic (exact) mass is 650 g/mol. The lowest BCUT2D eigenvalue weighted by Gasteiger charge is -2.52. The number of nitrogens with one attached hydrogen (secondary N) is 1. The molecule has 3 aromatic rings. The van der Waals surface area contributed by atoms with Crippen LogP contribution in [-0.2, 0) is 25.4 Å². The highest BCUT2D eigenvalue weighted by atomic mass is 16.6. The van der Waals surface area contributed by atoms with Gasteiger partial charge in [0.1, 0.15) is 18.0 Å². The Kier molecular flexibility index (Phi) is 9.08. The third-order valence-electron chi connectivity index (χ3n) is 10.3. The number of methoxy groups -OCH3 is 6. The first-order chi connectivity index (χ1) is 22.7. The first kappa shape index (κ1) is 32.6. The predicted octanol–water partition coefficient (Wildman–Crippen LogP) is 4.37. The van der Waals surface area contributed by atoms with Gasteiger partial charge in [0.2, 0.25) is 5.75 Å². The Balaban J connectivity index is 1.32. The summed E-state index contributed by atoms with van der Waals surface area (Å²) >= 11 is 0. The van der Waals surface area contributed by atoms with E-state index in [1.165, 1.54) is 41.1 Å². The van der Waals surface area contributed by atoms with Crippen molar-refractivity contribution in [3.8, 4) is 23.0 Å². The number of carbonyl (C=O) groups excluding carboxylic acids is 3. The number of fused-ring (bicyclic) bond motifs is 6. The molecule has 1 aliphatic carbocycles. The number of aromatic nitrogens is 1. The van der Waals surface area contributed by atoms with Gasteiger partial charge in [-0.2, -0.15) is 0 Å². The van der Waals surface area contributed by atoms with E-state index >= 15 is 0 Å². The van der Waals surface area contributed by atoms with Crippen LogP contribution < -0.4 is 18.9 Å². The van der Waals surface area contributed by atoms with Gasteiger partial charge >= 0.3 is 11.9 Å². The maximum absolute atomic E-state index is 13.6. The molecule has 0 unspecified atom stereocenters. The smallest absolute Gasteiger partial charge is 0.338 e. The van der Waals surface area contributed by atoms with Crippen molar-refractivity contribution in [1.82, 2.24) is 9.88 Å². The van der Waals surface area contributed by atoms with Crippen LogP contribution in [0.4, 0.5) is 0 Å². The predicted molar refractivity (Wildman–Crippen MR) is 171 cm³/mol. The molecule has 3 aliphatic rings. The van der Waals surface area contributed by atoms with Crippen LogP contribution in [0.25, 0.3) is 10.9 Å². The molecular weight excluding hydrogens is 608 g/mol. The number of ether oxygens (including phenoxy) is 7. The van der Waals surface area contributed by atoms with Gasteiger partial charge in [0.25, 0.3) is 0 Å². The molecule has 0 radical (unpaired) electrons. The lowest BCUT2D eigenvalue weighted by Crippen LogP contribution is -2.58. The standard InChI is InChI=1S/C35H42N2O10/c1-17(38)28-24(41-2)9-8-20-21-10-11-37-16-19-14-27(47-34(39)18-12-25(42-3)32(44-5)26(13-18)43-4)33(45-6)29(35(40)46-7)22(19)15-23(37)30(21)36-31(20)28/h8-9,12-13,19,22-23,27,29,33,36H,10-11,14-16H2,1-7H3/t19-,22+,23-,27-,29+,33+/m1/s1. The molecule has 1 saturated carbocycles. The Morgan fingerprint density at radius 1 is 0.894 bits per heavy atom. The number of nitrogens with zero attached hydrogens (tertiary/aromatic N) is 1. The van der Waals surface area contributed by atoms with Crippen LogP contribution >= 0.6 is 0 Å². The molecule has 1 saturated heterocycles. The number of benzene rings is 2. The number of esters is 2.